The zero-order valence-corrected chi connectivity index (χ0v) is 17.8. The van der Waals surface area contributed by atoms with Gasteiger partial charge < -0.3 is 14.2 Å². The fourth-order valence-electron chi connectivity index (χ4n) is 3.64. The molecule has 152 valence electrons. The molecule has 7 heteroatoms. The van der Waals surface area contributed by atoms with Gasteiger partial charge in [-0.25, -0.2) is 9.48 Å². The molecule has 0 N–H and O–H groups in total. The summed E-state index contributed by atoms with van der Waals surface area (Å²) in [6, 6.07) is 6.02. The second-order valence-electron chi connectivity index (χ2n) is 7.34. The Hall–Kier alpha value is -2.80. The van der Waals surface area contributed by atoms with Gasteiger partial charge in [0.15, 0.2) is 5.69 Å². The van der Waals surface area contributed by atoms with Crippen LogP contribution in [0.2, 0.25) is 0 Å². The summed E-state index contributed by atoms with van der Waals surface area (Å²) in [6.07, 6.45) is 0.878. The highest BCUT2D eigenvalue weighted by Gasteiger charge is 2.31. The summed E-state index contributed by atoms with van der Waals surface area (Å²) >= 11 is 1.58. The number of hydrogen-bond donors (Lipinski definition) is 0. The quantitative estimate of drug-likeness (QED) is 0.540. The van der Waals surface area contributed by atoms with Crippen LogP contribution in [-0.2, 0) is 17.8 Å². The summed E-state index contributed by atoms with van der Waals surface area (Å²) in [4.78, 5) is 12.6. The average molecular weight is 413 g/mol. The van der Waals surface area contributed by atoms with Crippen molar-refractivity contribution < 1.29 is 19.0 Å². The van der Waals surface area contributed by atoms with Crippen LogP contribution in [-0.4, -0.2) is 29.5 Å². The van der Waals surface area contributed by atoms with Gasteiger partial charge in [0.1, 0.15) is 18.1 Å². The van der Waals surface area contributed by atoms with Gasteiger partial charge in [0, 0.05) is 17.0 Å². The Morgan fingerprint density at radius 2 is 2.21 bits per heavy atom. The van der Waals surface area contributed by atoms with Gasteiger partial charge in [-0.15, -0.1) is 0 Å². The number of carbonyl (C=O) groups excluding carboxylic acids is 1. The summed E-state index contributed by atoms with van der Waals surface area (Å²) in [5.41, 5.74) is 4.87. The second-order valence-corrected chi connectivity index (χ2v) is 8.12. The van der Waals surface area contributed by atoms with Crippen LogP contribution in [0.5, 0.6) is 11.5 Å². The summed E-state index contributed by atoms with van der Waals surface area (Å²) in [5.74, 6) is 1.59. The zero-order chi connectivity index (χ0) is 20.5. The number of hydrogen-bond acceptors (Lipinski definition) is 6. The third-order valence-electron chi connectivity index (χ3n) is 4.84. The lowest BCUT2D eigenvalue weighted by Crippen LogP contribution is -2.12. The lowest BCUT2D eigenvalue weighted by atomic mass is 9.95. The lowest BCUT2D eigenvalue weighted by Gasteiger charge is -2.22. The molecule has 0 atom stereocenters. The van der Waals surface area contributed by atoms with Gasteiger partial charge >= 0.3 is 5.97 Å². The monoisotopic (exact) mass is 412 g/mol. The van der Waals surface area contributed by atoms with Crippen molar-refractivity contribution >= 4 is 17.3 Å². The van der Waals surface area contributed by atoms with E-state index in [1.807, 2.05) is 27.6 Å². The first-order valence-electron chi connectivity index (χ1n) is 9.69. The van der Waals surface area contributed by atoms with Crippen molar-refractivity contribution in [2.45, 2.75) is 33.8 Å². The van der Waals surface area contributed by atoms with Gasteiger partial charge in [0.25, 0.3) is 0 Å². The standard InChI is InChI=1S/C22H24N2O4S/c1-5-27-22(25)20-17-11-28-19-10-18(26-4)14(8-13(2)3)9-16(19)21(17)24(23-20)15-6-7-29-12-15/h6-7,9-10,12-13H,5,8,11H2,1-4H3. The van der Waals surface area contributed by atoms with Crippen LogP contribution in [0.3, 0.4) is 0 Å². The molecule has 1 aliphatic heterocycles. The largest absolute Gasteiger partial charge is 0.496 e. The molecule has 1 aliphatic rings. The number of ether oxygens (including phenoxy) is 3. The fraction of sp³-hybridized carbons (Fsp3) is 0.364. The highest BCUT2D eigenvalue weighted by Crippen LogP contribution is 2.44. The minimum Gasteiger partial charge on any atom is -0.496 e. The molecule has 0 aliphatic carbocycles. The van der Waals surface area contributed by atoms with E-state index in [1.54, 1.807) is 25.4 Å². The minimum absolute atomic E-state index is 0.257. The third-order valence-corrected chi connectivity index (χ3v) is 5.51. The predicted molar refractivity (Wildman–Crippen MR) is 112 cm³/mol. The molecule has 0 bridgehead atoms. The molecule has 3 heterocycles. The molecule has 2 aromatic heterocycles. The van der Waals surface area contributed by atoms with Crippen molar-refractivity contribution in [3.8, 4) is 28.4 Å². The average Bonchev–Trinajstić information content (AvgIpc) is 3.35. The molecule has 3 aromatic rings. The Morgan fingerprint density at radius 1 is 1.38 bits per heavy atom. The van der Waals surface area contributed by atoms with Crippen LogP contribution < -0.4 is 9.47 Å². The van der Waals surface area contributed by atoms with Gasteiger partial charge in [-0.2, -0.15) is 16.4 Å². The maximum Gasteiger partial charge on any atom is 0.359 e. The molecule has 0 saturated heterocycles. The van der Waals surface area contributed by atoms with Crippen molar-refractivity contribution in [2.24, 2.45) is 5.92 Å². The molecular formula is C22H24N2O4S. The first-order chi connectivity index (χ1) is 14.0. The van der Waals surface area contributed by atoms with Gasteiger partial charge in [-0.3, -0.25) is 0 Å². The summed E-state index contributed by atoms with van der Waals surface area (Å²) in [7, 11) is 1.67. The molecule has 0 fully saturated rings. The third kappa shape index (κ3) is 3.51. The second kappa shape index (κ2) is 7.91. The Bertz CT molecular complexity index is 1040. The van der Waals surface area contributed by atoms with Crippen molar-refractivity contribution in [1.82, 2.24) is 9.78 Å². The molecule has 0 saturated carbocycles. The first kappa shape index (κ1) is 19.5. The van der Waals surface area contributed by atoms with Crippen molar-refractivity contribution in [3.63, 3.8) is 0 Å². The van der Waals surface area contributed by atoms with Crippen molar-refractivity contribution in [1.29, 1.82) is 0 Å². The number of thiophene rings is 1. The van der Waals surface area contributed by atoms with Crippen LogP contribution in [0.1, 0.15) is 42.4 Å². The predicted octanol–water partition coefficient (Wildman–Crippen LogP) is 4.88. The van der Waals surface area contributed by atoms with E-state index in [2.05, 4.69) is 25.0 Å². The Balaban J connectivity index is 1.94. The van der Waals surface area contributed by atoms with Gasteiger partial charge in [0.2, 0.25) is 0 Å². The van der Waals surface area contributed by atoms with E-state index in [1.165, 1.54) is 0 Å². The Kier molecular flexibility index (Phi) is 5.32. The molecule has 1 aromatic carbocycles. The van der Waals surface area contributed by atoms with E-state index in [0.29, 0.717) is 18.2 Å². The number of carbonyl (C=O) groups is 1. The number of methoxy groups -OCH3 is 1. The molecular weight excluding hydrogens is 388 g/mol. The topological polar surface area (TPSA) is 62.6 Å². The highest BCUT2D eigenvalue weighted by molar-refractivity contribution is 7.08. The molecule has 29 heavy (non-hydrogen) atoms. The summed E-state index contributed by atoms with van der Waals surface area (Å²) in [6.45, 7) is 6.69. The number of rotatable bonds is 6. The lowest BCUT2D eigenvalue weighted by molar-refractivity contribution is 0.0516. The zero-order valence-electron chi connectivity index (χ0n) is 17.0. The van der Waals surface area contributed by atoms with E-state index >= 15 is 0 Å². The fourth-order valence-corrected chi connectivity index (χ4v) is 4.26. The van der Waals surface area contributed by atoms with Gasteiger partial charge in [0.05, 0.1) is 30.7 Å². The highest BCUT2D eigenvalue weighted by atomic mass is 32.1. The Labute approximate surface area is 174 Å². The maximum absolute atomic E-state index is 12.6. The van der Waals surface area contributed by atoms with Crippen LogP contribution in [0.15, 0.2) is 29.0 Å². The van der Waals surface area contributed by atoms with Crippen LogP contribution in [0, 0.1) is 5.92 Å². The van der Waals surface area contributed by atoms with Crippen LogP contribution in [0.4, 0.5) is 0 Å². The van der Waals surface area contributed by atoms with E-state index < -0.39 is 5.97 Å². The smallest absolute Gasteiger partial charge is 0.359 e. The normalized spacial score (nSPS) is 12.3. The molecule has 4 rings (SSSR count). The molecule has 0 amide bonds. The van der Waals surface area contributed by atoms with Crippen molar-refractivity contribution in [3.05, 3.63) is 45.8 Å². The summed E-state index contributed by atoms with van der Waals surface area (Å²) < 4.78 is 18.7. The van der Waals surface area contributed by atoms with Crippen LogP contribution in [0.25, 0.3) is 16.9 Å². The number of benzene rings is 1. The van der Waals surface area contributed by atoms with Crippen LogP contribution >= 0.6 is 11.3 Å². The summed E-state index contributed by atoms with van der Waals surface area (Å²) in [5, 5.41) is 8.62. The molecule has 0 spiro atoms. The number of nitrogens with zero attached hydrogens (tertiary/aromatic N) is 2. The molecule has 0 radical (unpaired) electrons. The van der Waals surface area contributed by atoms with Gasteiger partial charge in [-0.1, -0.05) is 13.8 Å². The van der Waals surface area contributed by atoms with E-state index in [4.69, 9.17) is 14.2 Å². The first-order valence-corrected chi connectivity index (χ1v) is 10.6. The van der Waals surface area contributed by atoms with E-state index in [0.717, 1.165) is 46.0 Å². The maximum atomic E-state index is 12.6. The van der Waals surface area contributed by atoms with E-state index in [9.17, 15) is 4.79 Å². The number of fused-ring (bicyclic) bond motifs is 3. The SMILES string of the molecule is CCOC(=O)c1nn(-c2ccsc2)c2c1COc1cc(OC)c(CC(C)C)cc1-2. The molecule has 0 unspecified atom stereocenters. The van der Waals surface area contributed by atoms with Gasteiger partial charge in [-0.05, 0) is 42.3 Å². The molecule has 6 nitrogen and oxygen atoms in total. The van der Waals surface area contributed by atoms with Crippen molar-refractivity contribution in [2.75, 3.05) is 13.7 Å². The minimum atomic E-state index is -0.430. The van der Waals surface area contributed by atoms with E-state index in [-0.39, 0.29) is 6.61 Å². The Morgan fingerprint density at radius 3 is 2.86 bits per heavy atom. The number of aromatic nitrogens is 2. The number of esters is 1.